The Kier molecular flexibility index (Phi) is 4.17. The number of hydrogen-bond acceptors (Lipinski definition) is 3. The maximum Gasteiger partial charge on any atom is 0.155 e. The fraction of sp³-hybridized carbons (Fsp3) is 0. The van der Waals surface area contributed by atoms with Gasteiger partial charge < -0.3 is 0 Å². The molecule has 3 aromatic rings. The third-order valence-electron chi connectivity index (χ3n) is 2.80. The van der Waals surface area contributed by atoms with E-state index in [0.29, 0.717) is 11.6 Å². The minimum atomic E-state index is -1.79. The van der Waals surface area contributed by atoms with Gasteiger partial charge >= 0.3 is 0 Å². The summed E-state index contributed by atoms with van der Waals surface area (Å²) in [7, 11) is -1.79. The molecule has 0 radical (unpaired) electrons. The molecule has 112 valence electrons. The summed E-state index contributed by atoms with van der Waals surface area (Å²) in [6, 6.07) is 10.9. The Morgan fingerprint density at radius 1 is 1.18 bits per heavy atom. The summed E-state index contributed by atoms with van der Waals surface area (Å²) in [4.78, 5) is 4.17. The smallest absolute Gasteiger partial charge is 0.155 e. The predicted octanol–water partition coefficient (Wildman–Crippen LogP) is 3.19. The Labute approximate surface area is 133 Å². The van der Waals surface area contributed by atoms with E-state index in [2.05, 4.69) is 14.8 Å². The first-order valence-electron chi connectivity index (χ1n) is 6.24. The summed E-state index contributed by atoms with van der Waals surface area (Å²) < 4.78 is 30.3. The maximum atomic E-state index is 13.8. The van der Waals surface area contributed by atoms with Gasteiger partial charge in [0.1, 0.15) is 11.6 Å². The minimum Gasteiger partial charge on any atom is -0.285 e. The number of rotatable bonds is 4. The van der Waals surface area contributed by atoms with E-state index in [0.717, 1.165) is 6.07 Å². The Balaban J connectivity index is 1.88. The molecule has 1 atom stereocenters. The van der Waals surface area contributed by atoms with Crippen molar-refractivity contribution < 1.29 is 8.60 Å². The lowest BCUT2D eigenvalue weighted by Gasteiger charge is -2.09. The summed E-state index contributed by atoms with van der Waals surface area (Å²) in [5, 5.41) is 4.36. The van der Waals surface area contributed by atoms with E-state index in [1.54, 1.807) is 24.4 Å². The lowest BCUT2D eigenvalue weighted by molar-refractivity contribution is 0.596. The number of aromatic nitrogens is 3. The number of benzene rings is 1. The standard InChI is InChI=1S/C14H10ClFN4OS/c15-10-4-5-12(11(16)9-10)22(21)19-14-6-8-18-20(14)13-3-1-2-7-17-13/h1-9,19H. The molecule has 0 amide bonds. The second-order valence-corrected chi connectivity index (χ2v) is 5.88. The summed E-state index contributed by atoms with van der Waals surface area (Å²) in [6.45, 7) is 0. The first kappa shape index (κ1) is 14.7. The number of nitrogens with one attached hydrogen (secondary N) is 1. The van der Waals surface area contributed by atoms with Crippen LogP contribution in [0.5, 0.6) is 0 Å². The normalized spacial score (nSPS) is 12.1. The van der Waals surface area contributed by atoms with E-state index in [4.69, 9.17) is 11.6 Å². The van der Waals surface area contributed by atoms with Gasteiger partial charge in [0.2, 0.25) is 0 Å². The van der Waals surface area contributed by atoms with Crippen LogP contribution in [0.1, 0.15) is 0 Å². The highest BCUT2D eigenvalue weighted by molar-refractivity contribution is 7.86. The van der Waals surface area contributed by atoms with Crippen molar-refractivity contribution in [3.8, 4) is 5.82 Å². The second kappa shape index (κ2) is 6.25. The van der Waals surface area contributed by atoms with Crippen molar-refractivity contribution in [3.05, 3.63) is 65.7 Å². The molecule has 2 aromatic heterocycles. The van der Waals surface area contributed by atoms with Crippen LogP contribution in [0.3, 0.4) is 0 Å². The molecule has 0 bridgehead atoms. The van der Waals surface area contributed by atoms with Crippen LogP contribution in [-0.2, 0) is 11.0 Å². The highest BCUT2D eigenvalue weighted by Crippen LogP contribution is 2.20. The molecule has 0 aliphatic heterocycles. The fourth-order valence-corrected chi connectivity index (χ4v) is 2.86. The van der Waals surface area contributed by atoms with E-state index >= 15 is 0 Å². The van der Waals surface area contributed by atoms with E-state index in [9.17, 15) is 8.60 Å². The van der Waals surface area contributed by atoms with Crippen LogP contribution in [0.15, 0.2) is 59.8 Å². The van der Waals surface area contributed by atoms with Gasteiger partial charge in [-0.15, -0.1) is 0 Å². The Morgan fingerprint density at radius 2 is 2.05 bits per heavy atom. The quantitative estimate of drug-likeness (QED) is 0.796. The Hall–Kier alpha value is -2.25. The average Bonchev–Trinajstić information content (AvgIpc) is 2.96. The molecular weight excluding hydrogens is 327 g/mol. The molecule has 2 heterocycles. The SMILES string of the molecule is O=S(Nc1ccnn1-c1ccccn1)c1ccc(Cl)cc1F. The molecule has 3 rings (SSSR count). The average molecular weight is 337 g/mol. The van der Waals surface area contributed by atoms with Gasteiger partial charge in [-0.25, -0.2) is 13.6 Å². The largest absolute Gasteiger partial charge is 0.285 e. The van der Waals surface area contributed by atoms with Gasteiger partial charge in [-0.3, -0.25) is 4.72 Å². The van der Waals surface area contributed by atoms with Crippen LogP contribution in [-0.4, -0.2) is 19.0 Å². The zero-order valence-electron chi connectivity index (χ0n) is 11.1. The predicted molar refractivity (Wildman–Crippen MR) is 82.8 cm³/mol. The monoisotopic (exact) mass is 336 g/mol. The van der Waals surface area contributed by atoms with Crippen LogP contribution in [0, 0.1) is 5.82 Å². The van der Waals surface area contributed by atoms with Crippen LogP contribution >= 0.6 is 11.6 Å². The van der Waals surface area contributed by atoms with Crippen molar-refractivity contribution in [2.75, 3.05) is 4.72 Å². The summed E-state index contributed by atoms with van der Waals surface area (Å²) in [5.41, 5.74) is 0. The Bertz CT molecular complexity index is 825. The molecule has 0 saturated carbocycles. The highest BCUT2D eigenvalue weighted by atomic mass is 35.5. The van der Waals surface area contributed by atoms with Crippen LogP contribution < -0.4 is 4.72 Å². The molecule has 8 heteroatoms. The summed E-state index contributed by atoms with van der Waals surface area (Å²) in [5.74, 6) is 0.359. The zero-order chi connectivity index (χ0) is 15.5. The van der Waals surface area contributed by atoms with Crippen molar-refractivity contribution in [3.63, 3.8) is 0 Å². The number of nitrogens with zero attached hydrogens (tertiary/aromatic N) is 3. The van der Waals surface area contributed by atoms with Crippen LogP contribution in [0.2, 0.25) is 5.02 Å². The van der Waals surface area contributed by atoms with Gasteiger partial charge in [0.25, 0.3) is 0 Å². The van der Waals surface area contributed by atoms with Gasteiger partial charge in [0.15, 0.2) is 16.8 Å². The number of hydrogen-bond donors (Lipinski definition) is 1. The van der Waals surface area contributed by atoms with Gasteiger partial charge in [-0.1, -0.05) is 17.7 Å². The number of anilines is 1. The van der Waals surface area contributed by atoms with Crippen molar-refractivity contribution >= 4 is 28.4 Å². The summed E-state index contributed by atoms with van der Waals surface area (Å²) >= 11 is 5.69. The fourth-order valence-electron chi connectivity index (χ4n) is 1.82. The topological polar surface area (TPSA) is 59.8 Å². The first-order chi connectivity index (χ1) is 10.6. The van der Waals surface area contributed by atoms with E-state index in [1.165, 1.54) is 23.0 Å². The molecule has 22 heavy (non-hydrogen) atoms. The molecule has 1 N–H and O–H groups in total. The van der Waals surface area contributed by atoms with Gasteiger partial charge in [-0.05, 0) is 30.3 Å². The van der Waals surface area contributed by atoms with Gasteiger partial charge in [0.05, 0.1) is 11.1 Å². The van der Waals surface area contributed by atoms with Crippen molar-refractivity contribution in [2.24, 2.45) is 0 Å². The number of pyridine rings is 1. The van der Waals surface area contributed by atoms with Crippen LogP contribution in [0.25, 0.3) is 5.82 Å². The van der Waals surface area contributed by atoms with Crippen molar-refractivity contribution in [1.29, 1.82) is 0 Å². The molecule has 0 aliphatic rings. The third-order valence-corrected chi connectivity index (χ3v) is 4.16. The zero-order valence-corrected chi connectivity index (χ0v) is 12.7. The Morgan fingerprint density at radius 3 is 2.77 bits per heavy atom. The molecule has 1 aromatic carbocycles. The van der Waals surface area contributed by atoms with Crippen LogP contribution in [0.4, 0.5) is 10.2 Å². The lowest BCUT2D eigenvalue weighted by atomic mass is 10.3. The van der Waals surface area contributed by atoms with E-state index in [1.807, 2.05) is 6.07 Å². The molecule has 0 aliphatic carbocycles. The second-order valence-electron chi connectivity index (χ2n) is 4.26. The van der Waals surface area contributed by atoms with E-state index in [-0.39, 0.29) is 9.92 Å². The molecule has 0 spiro atoms. The number of halogens is 2. The highest BCUT2D eigenvalue weighted by Gasteiger charge is 2.14. The van der Waals surface area contributed by atoms with Crippen molar-refractivity contribution in [2.45, 2.75) is 4.90 Å². The van der Waals surface area contributed by atoms with Crippen molar-refractivity contribution in [1.82, 2.24) is 14.8 Å². The van der Waals surface area contributed by atoms with Gasteiger partial charge in [-0.2, -0.15) is 9.78 Å². The van der Waals surface area contributed by atoms with E-state index < -0.39 is 16.8 Å². The molecular formula is C14H10ClFN4OS. The molecule has 0 fully saturated rings. The third kappa shape index (κ3) is 3.00. The first-order valence-corrected chi connectivity index (χ1v) is 7.77. The molecule has 0 saturated heterocycles. The summed E-state index contributed by atoms with van der Waals surface area (Å²) in [6.07, 6.45) is 3.16. The molecule has 1 unspecified atom stereocenters. The van der Waals surface area contributed by atoms with Gasteiger partial charge in [0, 0.05) is 17.3 Å². The molecule has 5 nitrogen and oxygen atoms in total. The minimum absolute atomic E-state index is 0.0122. The lowest BCUT2D eigenvalue weighted by Crippen LogP contribution is -2.11. The maximum absolute atomic E-state index is 13.8.